The Hall–Kier alpha value is -1.40. The second kappa shape index (κ2) is 7.01. The van der Waals surface area contributed by atoms with Gasteiger partial charge in [-0.25, -0.2) is 4.79 Å². The van der Waals surface area contributed by atoms with Crippen LogP contribution in [0.3, 0.4) is 0 Å². The number of esters is 2. The van der Waals surface area contributed by atoms with Crippen molar-refractivity contribution in [1.82, 2.24) is 0 Å². The summed E-state index contributed by atoms with van der Waals surface area (Å²) in [7, 11) is 0. The van der Waals surface area contributed by atoms with Crippen LogP contribution in [0.4, 0.5) is 0 Å². The van der Waals surface area contributed by atoms with Crippen molar-refractivity contribution in [3.63, 3.8) is 0 Å². The predicted molar refractivity (Wildman–Crippen MR) is 80.4 cm³/mol. The Kier molecular flexibility index (Phi) is 5.02. The minimum absolute atomic E-state index is 0.0453. The lowest BCUT2D eigenvalue weighted by molar-refractivity contribution is -0.249. The van der Waals surface area contributed by atoms with Crippen LogP contribution in [0.1, 0.15) is 46.0 Å². The summed E-state index contributed by atoms with van der Waals surface area (Å²) in [5.74, 6) is -0.292. The summed E-state index contributed by atoms with van der Waals surface area (Å²) in [5.41, 5.74) is 1.09. The molecule has 0 aromatic carbocycles. The molecular weight excluding hydrogens is 300 g/mol. The molecule has 23 heavy (non-hydrogen) atoms. The molecule has 6 nitrogen and oxygen atoms in total. The first-order chi connectivity index (χ1) is 11.0. The van der Waals surface area contributed by atoms with Crippen molar-refractivity contribution in [1.29, 1.82) is 0 Å². The van der Waals surface area contributed by atoms with Gasteiger partial charge in [-0.05, 0) is 32.6 Å². The van der Waals surface area contributed by atoms with Crippen molar-refractivity contribution in [2.75, 3.05) is 6.61 Å². The number of rotatable bonds is 3. The summed E-state index contributed by atoms with van der Waals surface area (Å²) in [6.07, 6.45) is 4.62. The van der Waals surface area contributed by atoms with E-state index in [1.165, 1.54) is 6.92 Å². The number of hydrogen-bond donors (Lipinski definition) is 0. The van der Waals surface area contributed by atoms with Crippen LogP contribution in [0, 0.1) is 5.92 Å². The molecule has 2 aliphatic heterocycles. The third-order valence-electron chi connectivity index (χ3n) is 4.80. The fraction of sp³-hybridized carbons (Fsp3) is 0.765. The van der Waals surface area contributed by atoms with Gasteiger partial charge in [0.1, 0.15) is 6.10 Å². The fourth-order valence-electron chi connectivity index (χ4n) is 3.72. The van der Waals surface area contributed by atoms with Crippen LogP contribution in [-0.2, 0) is 28.5 Å². The summed E-state index contributed by atoms with van der Waals surface area (Å²) < 4.78 is 22.5. The smallest absolute Gasteiger partial charge is 0.330 e. The highest BCUT2D eigenvalue weighted by Crippen LogP contribution is 2.37. The third-order valence-corrected chi connectivity index (χ3v) is 4.80. The van der Waals surface area contributed by atoms with Crippen LogP contribution >= 0.6 is 0 Å². The van der Waals surface area contributed by atoms with Gasteiger partial charge in [0.15, 0.2) is 12.4 Å². The monoisotopic (exact) mass is 324 g/mol. The van der Waals surface area contributed by atoms with Crippen molar-refractivity contribution in [3.8, 4) is 0 Å². The Morgan fingerprint density at radius 1 is 1.30 bits per heavy atom. The lowest BCUT2D eigenvalue weighted by atomic mass is 9.79. The minimum Gasteiger partial charge on any atom is -0.458 e. The normalized spacial score (nSPS) is 37.4. The van der Waals surface area contributed by atoms with E-state index in [0.717, 1.165) is 31.3 Å². The molecule has 128 valence electrons. The van der Waals surface area contributed by atoms with E-state index in [1.54, 1.807) is 6.08 Å². The molecule has 3 aliphatic rings. The van der Waals surface area contributed by atoms with Crippen LogP contribution in [0.5, 0.6) is 0 Å². The minimum atomic E-state index is -0.523. The summed E-state index contributed by atoms with van der Waals surface area (Å²) >= 11 is 0. The lowest BCUT2D eigenvalue weighted by Crippen LogP contribution is -2.45. The molecule has 0 spiro atoms. The zero-order valence-corrected chi connectivity index (χ0v) is 13.7. The molecule has 2 heterocycles. The summed E-state index contributed by atoms with van der Waals surface area (Å²) in [5, 5.41) is 0. The highest BCUT2D eigenvalue weighted by Gasteiger charge is 2.39. The molecule has 3 rings (SSSR count). The molecular formula is C17H24O6. The summed E-state index contributed by atoms with van der Waals surface area (Å²) in [6.45, 7) is 3.99. The number of carbonyl (C=O) groups excluding carboxylic acids is 2. The van der Waals surface area contributed by atoms with Crippen LogP contribution in [0.2, 0.25) is 0 Å². The van der Waals surface area contributed by atoms with Crippen molar-refractivity contribution in [2.24, 2.45) is 5.92 Å². The number of hydrogen-bond acceptors (Lipinski definition) is 6. The number of ether oxygens (including phenoxy) is 4. The van der Waals surface area contributed by atoms with E-state index in [9.17, 15) is 9.59 Å². The van der Waals surface area contributed by atoms with E-state index in [-0.39, 0.29) is 30.3 Å². The largest absolute Gasteiger partial charge is 0.458 e. The maximum absolute atomic E-state index is 11.6. The Balaban J connectivity index is 1.59. The van der Waals surface area contributed by atoms with Gasteiger partial charge >= 0.3 is 11.9 Å². The van der Waals surface area contributed by atoms with Crippen molar-refractivity contribution < 1.29 is 28.5 Å². The molecule has 2 fully saturated rings. The first kappa shape index (κ1) is 16.5. The zero-order chi connectivity index (χ0) is 16.4. The predicted octanol–water partition coefficient (Wildman–Crippen LogP) is 2.11. The fourth-order valence-corrected chi connectivity index (χ4v) is 3.72. The van der Waals surface area contributed by atoms with Crippen LogP contribution in [-0.4, -0.2) is 43.1 Å². The zero-order valence-electron chi connectivity index (χ0n) is 13.7. The molecule has 5 atom stereocenters. The molecule has 1 saturated heterocycles. The Labute approximate surface area is 136 Å². The van der Waals surface area contributed by atoms with Gasteiger partial charge in [-0.3, -0.25) is 4.79 Å². The topological polar surface area (TPSA) is 71.1 Å². The van der Waals surface area contributed by atoms with E-state index < -0.39 is 6.29 Å². The van der Waals surface area contributed by atoms with Crippen LogP contribution < -0.4 is 0 Å². The SMILES string of the molecule is CC(=O)OC1CCCOC1OC1CCC2C(C)=CC(=O)OC2C1. The Morgan fingerprint density at radius 3 is 2.91 bits per heavy atom. The molecule has 5 unspecified atom stereocenters. The quantitative estimate of drug-likeness (QED) is 0.741. The van der Waals surface area contributed by atoms with E-state index in [2.05, 4.69) is 0 Å². The van der Waals surface area contributed by atoms with Gasteiger partial charge in [-0.15, -0.1) is 0 Å². The van der Waals surface area contributed by atoms with Gasteiger partial charge in [0.2, 0.25) is 0 Å². The van der Waals surface area contributed by atoms with E-state index in [4.69, 9.17) is 18.9 Å². The second-order valence-electron chi connectivity index (χ2n) is 6.57. The van der Waals surface area contributed by atoms with Gasteiger partial charge in [0, 0.05) is 25.3 Å². The average molecular weight is 324 g/mol. The highest BCUT2D eigenvalue weighted by molar-refractivity contribution is 5.84. The molecule has 1 saturated carbocycles. The first-order valence-corrected chi connectivity index (χ1v) is 8.36. The van der Waals surface area contributed by atoms with Crippen molar-refractivity contribution in [2.45, 2.75) is 70.6 Å². The molecule has 0 aromatic rings. The first-order valence-electron chi connectivity index (χ1n) is 8.36. The lowest BCUT2D eigenvalue weighted by Gasteiger charge is -2.40. The molecule has 6 heteroatoms. The molecule has 0 radical (unpaired) electrons. The van der Waals surface area contributed by atoms with Gasteiger partial charge in [-0.1, -0.05) is 5.57 Å². The van der Waals surface area contributed by atoms with Gasteiger partial charge in [0.25, 0.3) is 0 Å². The Morgan fingerprint density at radius 2 is 2.13 bits per heavy atom. The maximum Gasteiger partial charge on any atom is 0.330 e. The molecule has 0 aromatic heterocycles. The van der Waals surface area contributed by atoms with Gasteiger partial charge in [0.05, 0.1) is 12.7 Å². The summed E-state index contributed by atoms with van der Waals surface area (Å²) in [6, 6.07) is 0. The second-order valence-corrected chi connectivity index (χ2v) is 6.57. The summed E-state index contributed by atoms with van der Waals surface area (Å²) in [4.78, 5) is 22.8. The van der Waals surface area contributed by atoms with E-state index >= 15 is 0 Å². The average Bonchev–Trinajstić information content (AvgIpc) is 2.48. The molecule has 0 amide bonds. The Bertz CT molecular complexity index is 499. The van der Waals surface area contributed by atoms with E-state index in [1.807, 2.05) is 6.92 Å². The molecule has 1 aliphatic carbocycles. The van der Waals surface area contributed by atoms with Crippen LogP contribution in [0.15, 0.2) is 11.6 Å². The van der Waals surface area contributed by atoms with E-state index in [0.29, 0.717) is 18.9 Å². The van der Waals surface area contributed by atoms with Crippen LogP contribution in [0.25, 0.3) is 0 Å². The maximum atomic E-state index is 11.6. The molecule has 0 bridgehead atoms. The molecule has 0 N–H and O–H groups in total. The van der Waals surface area contributed by atoms with Crippen molar-refractivity contribution in [3.05, 3.63) is 11.6 Å². The number of carbonyl (C=O) groups is 2. The standard InChI is InChI=1S/C17H24O6/c1-10-8-16(19)23-15-9-12(5-6-13(10)15)22-17-14(21-11(2)18)4-3-7-20-17/h8,12-15,17H,3-7,9H2,1-2H3. The van der Waals surface area contributed by atoms with Gasteiger partial charge in [-0.2, -0.15) is 0 Å². The third kappa shape index (κ3) is 3.93. The highest BCUT2D eigenvalue weighted by atomic mass is 16.7. The number of fused-ring (bicyclic) bond motifs is 1. The van der Waals surface area contributed by atoms with Gasteiger partial charge < -0.3 is 18.9 Å². The van der Waals surface area contributed by atoms with Crippen molar-refractivity contribution >= 4 is 11.9 Å².